The fraction of sp³-hybridized carbons (Fsp3) is 0.0800. The average molecular weight is 445 g/mol. The third-order valence-electron chi connectivity index (χ3n) is 5.18. The summed E-state index contributed by atoms with van der Waals surface area (Å²) in [6.07, 6.45) is 1.71. The Labute approximate surface area is 189 Å². The lowest BCUT2D eigenvalue weighted by Crippen LogP contribution is -2.24. The molecule has 0 amide bonds. The highest BCUT2D eigenvalue weighted by molar-refractivity contribution is 7.99. The first-order valence-electron chi connectivity index (χ1n) is 9.87. The number of benzene rings is 3. The standard InChI is InChI=1S/C25H20N2O4S/c1-2-20(28)31-12-11-14-7-9-15(10-8-14)32-19-13-18(26)21-22(23(19)27)25(30)17-6-4-3-5-16(17)24(21)29/h2-10,13H,1,11-12,26-27H2. The van der Waals surface area contributed by atoms with E-state index in [9.17, 15) is 14.4 Å². The molecule has 0 radical (unpaired) electrons. The minimum absolute atomic E-state index is 0.164. The number of hydrogen-bond donors (Lipinski definition) is 2. The van der Waals surface area contributed by atoms with Crippen molar-refractivity contribution < 1.29 is 19.1 Å². The van der Waals surface area contributed by atoms with Crippen LogP contribution >= 0.6 is 11.8 Å². The topological polar surface area (TPSA) is 112 Å². The van der Waals surface area contributed by atoms with Gasteiger partial charge in [-0.2, -0.15) is 0 Å². The summed E-state index contributed by atoms with van der Waals surface area (Å²) >= 11 is 1.36. The lowest BCUT2D eigenvalue weighted by molar-refractivity contribution is -0.137. The van der Waals surface area contributed by atoms with Gasteiger partial charge in [-0.05, 0) is 23.8 Å². The second kappa shape index (κ2) is 8.72. The number of anilines is 2. The van der Waals surface area contributed by atoms with Crippen LogP contribution < -0.4 is 11.5 Å². The quantitative estimate of drug-likeness (QED) is 0.262. The molecule has 0 heterocycles. The average Bonchev–Trinajstić information content (AvgIpc) is 2.80. The van der Waals surface area contributed by atoms with Crippen LogP contribution in [-0.2, 0) is 16.0 Å². The fourth-order valence-corrected chi connectivity index (χ4v) is 4.51. The van der Waals surface area contributed by atoms with E-state index in [2.05, 4.69) is 6.58 Å². The van der Waals surface area contributed by atoms with Crippen molar-refractivity contribution in [3.63, 3.8) is 0 Å². The lowest BCUT2D eigenvalue weighted by Gasteiger charge is -2.22. The second-order valence-electron chi connectivity index (χ2n) is 7.20. The Bertz CT molecular complexity index is 1270. The first-order valence-corrected chi connectivity index (χ1v) is 10.7. The molecule has 4 rings (SSSR count). The number of ether oxygens (including phenoxy) is 1. The van der Waals surface area contributed by atoms with Gasteiger partial charge in [-0.25, -0.2) is 4.79 Å². The number of rotatable bonds is 6. The zero-order valence-corrected chi connectivity index (χ0v) is 17.9. The summed E-state index contributed by atoms with van der Waals surface area (Å²) in [5.74, 6) is -1.04. The number of esters is 1. The SMILES string of the molecule is C=CC(=O)OCCc1ccc(Sc2cc(N)c3c(c2N)C(=O)c2ccccc2C3=O)cc1. The smallest absolute Gasteiger partial charge is 0.330 e. The minimum Gasteiger partial charge on any atom is -0.462 e. The Morgan fingerprint density at radius 1 is 0.969 bits per heavy atom. The Morgan fingerprint density at radius 3 is 2.22 bits per heavy atom. The molecule has 3 aromatic carbocycles. The van der Waals surface area contributed by atoms with Gasteiger partial charge in [0.15, 0.2) is 11.6 Å². The molecule has 3 aromatic rings. The summed E-state index contributed by atoms with van der Waals surface area (Å²) in [5.41, 5.74) is 15.0. The zero-order valence-electron chi connectivity index (χ0n) is 17.1. The number of ketones is 2. The molecule has 32 heavy (non-hydrogen) atoms. The molecule has 0 unspecified atom stereocenters. The van der Waals surface area contributed by atoms with Gasteiger partial charge >= 0.3 is 5.97 Å². The van der Waals surface area contributed by atoms with Crippen molar-refractivity contribution in [1.82, 2.24) is 0 Å². The predicted molar refractivity (Wildman–Crippen MR) is 124 cm³/mol. The van der Waals surface area contributed by atoms with E-state index >= 15 is 0 Å². The molecule has 1 aliphatic rings. The highest BCUT2D eigenvalue weighted by atomic mass is 32.2. The Morgan fingerprint density at radius 2 is 1.59 bits per heavy atom. The number of nitrogen functional groups attached to an aromatic ring is 2. The Hall–Kier alpha value is -3.84. The number of carbonyl (C=O) groups excluding carboxylic acids is 3. The van der Waals surface area contributed by atoms with Crippen LogP contribution in [0.5, 0.6) is 0 Å². The van der Waals surface area contributed by atoms with Crippen LogP contribution in [0.15, 0.2) is 77.0 Å². The fourth-order valence-electron chi connectivity index (χ4n) is 3.59. The van der Waals surface area contributed by atoms with E-state index in [1.54, 1.807) is 30.3 Å². The molecule has 0 saturated carbocycles. The van der Waals surface area contributed by atoms with Crippen molar-refractivity contribution in [1.29, 1.82) is 0 Å². The van der Waals surface area contributed by atoms with E-state index in [-0.39, 0.29) is 40.7 Å². The second-order valence-corrected chi connectivity index (χ2v) is 8.31. The number of fused-ring (bicyclic) bond motifs is 2. The van der Waals surface area contributed by atoms with Crippen molar-refractivity contribution in [2.75, 3.05) is 18.1 Å². The van der Waals surface area contributed by atoms with Crippen LogP contribution in [0.4, 0.5) is 11.4 Å². The third-order valence-corrected chi connectivity index (χ3v) is 6.25. The molecule has 0 aromatic heterocycles. The molecule has 7 heteroatoms. The normalized spacial score (nSPS) is 12.1. The summed E-state index contributed by atoms with van der Waals surface area (Å²) in [5, 5.41) is 0. The molecular weight excluding hydrogens is 424 g/mol. The molecule has 0 atom stereocenters. The molecule has 4 N–H and O–H groups in total. The minimum atomic E-state index is -0.451. The monoisotopic (exact) mass is 444 g/mol. The Balaban J connectivity index is 1.59. The van der Waals surface area contributed by atoms with Gasteiger partial charge < -0.3 is 16.2 Å². The zero-order chi connectivity index (χ0) is 22.8. The highest BCUT2D eigenvalue weighted by Gasteiger charge is 2.34. The maximum atomic E-state index is 13.1. The summed E-state index contributed by atoms with van der Waals surface area (Å²) in [6, 6.07) is 16.0. The van der Waals surface area contributed by atoms with Gasteiger partial charge in [0.2, 0.25) is 0 Å². The Kier molecular flexibility index (Phi) is 5.83. The molecule has 160 valence electrons. The molecule has 0 saturated heterocycles. The van der Waals surface area contributed by atoms with Gasteiger partial charge in [0.05, 0.1) is 23.4 Å². The van der Waals surface area contributed by atoms with E-state index < -0.39 is 5.97 Å². The van der Waals surface area contributed by atoms with E-state index in [1.807, 2.05) is 24.3 Å². The molecule has 0 bridgehead atoms. The summed E-state index contributed by atoms with van der Waals surface area (Å²) in [6.45, 7) is 3.63. The van der Waals surface area contributed by atoms with Gasteiger partial charge in [0, 0.05) is 39.1 Å². The van der Waals surface area contributed by atoms with Crippen LogP contribution in [0.3, 0.4) is 0 Å². The summed E-state index contributed by atoms with van der Waals surface area (Å²) in [4.78, 5) is 38.7. The molecule has 6 nitrogen and oxygen atoms in total. The van der Waals surface area contributed by atoms with Crippen LogP contribution in [0.2, 0.25) is 0 Å². The molecule has 1 aliphatic carbocycles. The summed E-state index contributed by atoms with van der Waals surface area (Å²) in [7, 11) is 0. The van der Waals surface area contributed by atoms with Crippen molar-refractivity contribution in [3.8, 4) is 0 Å². The van der Waals surface area contributed by atoms with Gasteiger partial charge in [-0.3, -0.25) is 9.59 Å². The lowest BCUT2D eigenvalue weighted by atomic mass is 9.82. The van der Waals surface area contributed by atoms with Crippen molar-refractivity contribution in [3.05, 3.63) is 95.1 Å². The molecule has 0 fully saturated rings. The number of hydrogen-bond acceptors (Lipinski definition) is 7. The van der Waals surface area contributed by atoms with Crippen LogP contribution in [0, 0.1) is 0 Å². The van der Waals surface area contributed by atoms with Crippen molar-refractivity contribution in [2.24, 2.45) is 0 Å². The van der Waals surface area contributed by atoms with E-state index in [1.165, 1.54) is 11.8 Å². The van der Waals surface area contributed by atoms with E-state index in [0.717, 1.165) is 16.5 Å². The predicted octanol–water partition coefficient (Wildman–Crippen LogP) is 4.05. The van der Waals surface area contributed by atoms with Crippen LogP contribution in [0.25, 0.3) is 0 Å². The van der Waals surface area contributed by atoms with Gasteiger partial charge in [-0.15, -0.1) is 0 Å². The maximum absolute atomic E-state index is 13.1. The van der Waals surface area contributed by atoms with Crippen molar-refractivity contribution >= 4 is 40.7 Å². The number of nitrogens with two attached hydrogens (primary N) is 2. The third kappa shape index (κ3) is 3.90. The largest absolute Gasteiger partial charge is 0.462 e. The molecule has 0 aliphatic heterocycles. The molecule has 0 spiro atoms. The van der Waals surface area contributed by atoms with Crippen LogP contribution in [-0.4, -0.2) is 24.1 Å². The van der Waals surface area contributed by atoms with E-state index in [4.69, 9.17) is 16.2 Å². The number of carbonyl (C=O) groups is 3. The first kappa shape index (κ1) is 21.4. The maximum Gasteiger partial charge on any atom is 0.330 e. The van der Waals surface area contributed by atoms with E-state index in [0.29, 0.717) is 22.4 Å². The highest BCUT2D eigenvalue weighted by Crippen LogP contribution is 2.41. The molecular formula is C25H20N2O4S. The first-order chi connectivity index (χ1) is 15.4. The van der Waals surface area contributed by atoms with Gasteiger partial charge in [-0.1, -0.05) is 54.7 Å². The van der Waals surface area contributed by atoms with Crippen LogP contribution in [0.1, 0.15) is 37.4 Å². The van der Waals surface area contributed by atoms with Gasteiger partial charge in [0.1, 0.15) is 0 Å². The van der Waals surface area contributed by atoms with Crippen molar-refractivity contribution in [2.45, 2.75) is 16.2 Å². The summed E-state index contributed by atoms with van der Waals surface area (Å²) < 4.78 is 4.99. The van der Waals surface area contributed by atoms with Gasteiger partial charge in [0.25, 0.3) is 0 Å².